The number of ether oxygens (including phenoxy) is 1. The maximum absolute atomic E-state index is 11.9. The Morgan fingerprint density at radius 2 is 2.10 bits per heavy atom. The number of furan rings is 1. The van der Waals surface area contributed by atoms with E-state index in [0.717, 1.165) is 5.56 Å². The van der Waals surface area contributed by atoms with Crippen molar-refractivity contribution in [3.63, 3.8) is 0 Å². The van der Waals surface area contributed by atoms with Crippen LogP contribution in [0.15, 0.2) is 47.1 Å². The number of nitrogens with one attached hydrogen (secondary N) is 2. The van der Waals surface area contributed by atoms with Crippen molar-refractivity contribution in [2.75, 3.05) is 20.7 Å². The van der Waals surface area contributed by atoms with Gasteiger partial charge in [0.25, 0.3) is 0 Å². The summed E-state index contributed by atoms with van der Waals surface area (Å²) in [6, 6.07) is 10.8. The molecule has 0 radical (unpaired) electrons. The molecule has 1 amide bonds. The minimum Gasteiger partial charge on any atom is -0.496 e. The van der Waals surface area contributed by atoms with Crippen LogP contribution >= 0.6 is 0 Å². The Morgan fingerprint density at radius 1 is 1.30 bits per heavy atom. The molecule has 5 heteroatoms. The Bertz CT molecular complexity index is 552. The third-order valence-electron chi connectivity index (χ3n) is 2.92. The number of likely N-dealkylation sites (N-methyl/N-ethyl adjacent to an activating group) is 1. The number of hydrogen-bond donors (Lipinski definition) is 2. The van der Waals surface area contributed by atoms with Crippen molar-refractivity contribution in [1.29, 1.82) is 0 Å². The van der Waals surface area contributed by atoms with Gasteiger partial charge in [-0.2, -0.15) is 0 Å². The largest absolute Gasteiger partial charge is 0.496 e. The molecule has 2 rings (SSSR count). The number of benzene rings is 1. The fourth-order valence-corrected chi connectivity index (χ4v) is 2.04. The van der Waals surface area contributed by atoms with Crippen molar-refractivity contribution in [1.82, 2.24) is 10.6 Å². The van der Waals surface area contributed by atoms with E-state index in [1.807, 2.05) is 30.3 Å². The van der Waals surface area contributed by atoms with Crippen molar-refractivity contribution >= 4 is 5.91 Å². The smallest absolute Gasteiger partial charge is 0.234 e. The summed E-state index contributed by atoms with van der Waals surface area (Å²) in [4.78, 5) is 11.9. The van der Waals surface area contributed by atoms with Crippen molar-refractivity contribution in [3.8, 4) is 5.75 Å². The molecule has 1 atom stereocenters. The zero-order valence-electron chi connectivity index (χ0n) is 11.6. The summed E-state index contributed by atoms with van der Waals surface area (Å²) < 4.78 is 10.8. The van der Waals surface area contributed by atoms with Gasteiger partial charge in [-0.3, -0.25) is 4.79 Å². The summed E-state index contributed by atoms with van der Waals surface area (Å²) in [6.07, 6.45) is 1.59. The van der Waals surface area contributed by atoms with E-state index in [0.29, 0.717) is 11.5 Å². The maximum Gasteiger partial charge on any atom is 0.234 e. The predicted octanol–water partition coefficient (Wildman–Crippen LogP) is 1.71. The van der Waals surface area contributed by atoms with Gasteiger partial charge in [-0.15, -0.1) is 0 Å². The van der Waals surface area contributed by atoms with Gasteiger partial charge < -0.3 is 19.8 Å². The molecule has 0 aliphatic carbocycles. The van der Waals surface area contributed by atoms with Crippen LogP contribution in [0.25, 0.3) is 0 Å². The van der Waals surface area contributed by atoms with Crippen LogP contribution in [-0.2, 0) is 4.79 Å². The van der Waals surface area contributed by atoms with Gasteiger partial charge in [0, 0.05) is 5.56 Å². The maximum atomic E-state index is 11.9. The molecule has 2 N–H and O–H groups in total. The highest BCUT2D eigenvalue weighted by atomic mass is 16.5. The molecule has 0 spiro atoms. The van der Waals surface area contributed by atoms with E-state index in [9.17, 15) is 4.79 Å². The van der Waals surface area contributed by atoms with Gasteiger partial charge in [0.05, 0.1) is 19.9 Å². The van der Waals surface area contributed by atoms with Crippen LogP contribution in [-0.4, -0.2) is 26.6 Å². The molecular weight excluding hydrogens is 256 g/mol. The van der Waals surface area contributed by atoms with Crippen LogP contribution in [0, 0.1) is 0 Å². The summed E-state index contributed by atoms with van der Waals surface area (Å²) in [5.41, 5.74) is 0.856. The molecule has 0 saturated heterocycles. The molecule has 0 saturated carbocycles. The summed E-state index contributed by atoms with van der Waals surface area (Å²) >= 11 is 0. The molecule has 1 heterocycles. The van der Waals surface area contributed by atoms with Gasteiger partial charge in [-0.25, -0.2) is 0 Å². The lowest BCUT2D eigenvalue weighted by Crippen LogP contribution is -2.35. The van der Waals surface area contributed by atoms with Crippen molar-refractivity contribution in [3.05, 3.63) is 54.0 Å². The topological polar surface area (TPSA) is 63.5 Å². The van der Waals surface area contributed by atoms with Crippen molar-refractivity contribution in [2.24, 2.45) is 0 Å². The van der Waals surface area contributed by atoms with E-state index in [-0.39, 0.29) is 18.5 Å². The second-order valence-corrected chi connectivity index (χ2v) is 4.29. The van der Waals surface area contributed by atoms with Crippen LogP contribution in [0.4, 0.5) is 0 Å². The summed E-state index contributed by atoms with van der Waals surface area (Å²) in [5.74, 6) is 1.26. The first-order valence-corrected chi connectivity index (χ1v) is 6.36. The number of hydrogen-bond acceptors (Lipinski definition) is 4. The molecule has 1 unspecified atom stereocenters. The first kappa shape index (κ1) is 14.1. The van der Waals surface area contributed by atoms with Crippen molar-refractivity contribution in [2.45, 2.75) is 6.04 Å². The van der Waals surface area contributed by atoms with Crippen LogP contribution in [0.2, 0.25) is 0 Å². The van der Waals surface area contributed by atoms with E-state index >= 15 is 0 Å². The van der Waals surface area contributed by atoms with E-state index in [1.54, 1.807) is 26.5 Å². The Kier molecular flexibility index (Phi) is 4.79. The summed E-state index contributed by atoms with van der Waals surface area (Å²) in [5, 5.41) is 5.76. The molecule has 0 aliphatic heterocycles. The highest BCUT2D eigenvalue weighted by Crippen LogP contribution is 2.29. The second kappa shape index (κ2) is 6.77. The minimum atomic E-state index is -0.373. The quantitative estimate of drug-likeness (QED) is 0.842. The Labute approximate surface area is 117 Å². The molecule has 2 aromatic rings. The molecule has 20 heavy (non-hydrogen) atoms. The predicted molar refractivity (Wildman–Crippen MR) is 75.6 cm³/mol. The second-order valence-electron chi connectivity index (χ2n) is 4.29. The Balaban J connectivity index is 2.33. The first-order chi connectivity index (χ1) is 9.76. The molecular formula is C15H18N2O3. The average Bonchev–Trinajstić information content (AvgIpc) is 2.99. The average molecular weight is 274 g/mol. The van der Waals surface area contributed by atoms with Crippen LogP contribution < -0.4 is 15.4 Å². The molecule has 0 aliphatic rings. The Morgan fingerprint density at radius 3 is 2.75 bits per heavy atom. The zero-order chi connectivity index (χ0) is 14.4. The monoisotopic (exact) mass is 274 g/mol. The highest BCUT2D eigenvalue weighted by molar-refractivity contribution is 5.79. The third-order valence-corrected chi connectivity index (χ3v) is 2.92. The third kappa shape index (κ3) is 3.19. The van der Waals surface area contributed by atoms with Gasteiger partial charge in [-0.05, 0) is 25.2 Å². The zero-order valence-corrected chi connectivity index (χ0v) is 11.6. The number of rotatable bonds is 6. The number of para-hydroxylation sites is 1. The number of amides is 1. The normalized spacial score (nSPS) is 11.9. The molecule has 0 fully saturated rings. The van der Waals surface area contributed by atoms with Gasteiger partial charge in [-0.1, -0.05) is 18.2 Å². The molecule has 106 valence electrons. The Hall–Kier alpha value is -2.27. The fourth-order valence-electron chi connectivity index (χ4n) is 2.04. The molecule has 0 bridgehead atoms. The van der Waals surface area contributed by atoms with Gasteiger partial charge in [0.1, 0.15) is 17.6 Å². The SMILES string of the molecule is CNCC(=O)NC(c1ccco1)c1ccccc1OC. The van der Waals surface area contributed by atoms with Gasteiger partial charge in [0.2, 0.25) is 5.91 Å². The summed E-state index contributed by atoms with van der Waals surface area (Å²) in [7, 11) is 3.33. The van der Waals surface area contributed by atoms with Gasteiger partial charge >= 0.3 is 0 Å². The van der Waals surface area contributed by atoms with Crippen molar-refractivity contribution < 1.29 is 13.9 Å². The summed E-state index contributed by atoms with van der Waals surface area (Å²) in [6.45, 7) is 0.242. The highest BCUT2D eigenvalue weighted by Gasteiger charge is 2.22. The molecule has 1 aromatic heterocycles. The van der Waals surface area contributed by atoms with Crippen LogP contribution in [0.5, 0.6) is 5.75 Å². The fraction of sp³-hybridized carbons (Fsp3) is 0.267. The standard InChI is InChI=1S/C15H18N2O3/c1-16-10-14(18)17-15(13-8-5-9-20-13)11-6-3-4-7-12(11)19-2/h3-9,15-16H,10H2,1-2H3,(H,17,18). The number of carbonyl (C=O) groups excluding carboxylic acids is 1. The lowest BCUT2D eigenvalue weighted by Gasteiger charge is -2.19. The number of carbonyl (C=O) groups is 1. The van der Waals surface area contributed by atoms with E-state index in [4.69, 9.17) is 9.15 Å². The van der Waals surface area contributed by atoms with Crippen LogP contribution in [0.3, 0.4) is 0 Å². The van der Waals surface area contributed by atoms with E-state index in [1.165, 1.54) is 0 Å². The molecule has 1 aromatic carbocycles. The van der Waals surface area contributed by atoms with Gasteiger partial charge in [0.15, 0.2) is 0 Å². The lowest BCUT2D eigenvalue weighted by molar-refractivity contribution is -0.120. The number of methoxy groups -OCH3 is 1. The van der Waals surface area contributed by atoms with Crippen LogP contribution in [0.1, 0.15) is 17.4 Å². The molecule has 5 nitrogen and oxygen atoms in total. The van der Waals surface area contributed by atoms with E-state index in [2.05, 4.69) is 10.6 Å². The first-order valence-electron chi connectivity index (χ1n) is 6.36. The lowest BCUT2D eigenvalue weighted by atomic mass is 10.0. The van der Waals surface area contributed by atoms with E-state index < -0.39 is 0 Å². The minimum absolute atomic E-state index is 0.111.